The zero-order chi connectivity index (χ0) is 14.3. The number of pyridine rings is 1. The van der Waals surface area contributed by atoms with Gasteiger partial charge in [0.1, 0.15) is 0 Å². The number of ether oxygens (including phenoxy) is 1. The number of amidine groups is 1. The van der Waals surface area contributed by atoms with Crippen LogP contribution >= 0.6 is 0 Å². The number of hydrogen-bond acceptors (Lipinski definition) is 6. The van der Waals surface area contributed by atoms with Crippen LogP contribution < -0.4 is 10.5 Å². The smallest absolute Gasteiger partial charge is 0.331 e. The van der Waals surface area contributed by atoms with Gasteiger partial charge in [-0.25, -0.2) is 4.98 Å². The molecule has 0 bridgehead atoms. The molecule has 0 aliphatic heterocycles. The molecule has 1 aromatic heterocycles. The van der Waals surface area contributed by atoms with Gasteiger partial charge in [0.05, 0.1) is 11.5 Å². The van der Waals surface area contributed by atoms with Crippen molar-refractivity contribution in [3.8, 4) is 5.88 Å². The number of nitrogens with two attached hydrogens (primary N) is 1. The van der Waals surface area contributed by atoms with Crippen LogP contribution in [0.25, 0.3) is 0 Å². The molecule has 0 aromatic carbocycles. The van der Waals surface area contributed by atoms with Crippen LogP contribution in [0.5, 0.6) is 5.88 Å². The number of hydrogen-bond donors (Lipinski definition) is 2. The number of nitro groups is 1. The number of unbranched alkanes of at least 4 members (excludes halogenated alkanes) is 2. The molecule has 0 spiro atoms. The van der Waals surface area contributed by atoms with Gasteiger partial charge in [-0.05, 0) is 6.42 Å². The minimum atomic E-state index is -0.615. The molecule has 0 radical (unpaired) electrons. The third kappa shape index (κ3) is 4.09. The normalized spacial score (nSPS) is 11.3. The molecule has 0 atom stereocenters. The summed E-state index contributed by atoms with van der Waals surface area (Å²) < 4.78 is 5.27. The average Bonchev–Trinajstić information content (AvgIpc) is 2.42. The first-order valence-electron chi connectivity index (χ1n) is 5.85. The predicted molar refractivity (Wildman–Crippen MR) is 68.4 cm³/mol. The van der Waals surface area contributed by atoms with Crippen LogP contribution in [-0.2, 0) is 0 Å². The second-order valence-corrected chi connectivity index (χ2v) is 3.85. The topological polar surface area (TPSA) is 124 Å². The molecule has 104 valence electrons. The van der Waals surface area contributed by atoms with Crippen molar-refractivity contribution in [1.29, 1.82) is 0 Å². The first kappa shape index (κ1) is 14.7. The Balaban J connectivity index is 2.89. The van der Waals surface area contributed by atoms with Gasteiger partial charge in [-0.1, -0.05) is 24.9 Å². The zero-order valence-corrected chi connectivity index (χ0v) is 10.6. The van der Waals surface area contributed by atoms with Crippen LogP contribution in [0.4, 0.5) is 5.69 Å². The van der Waals surface area contributed by atoms with E-state index in [2.05, 4.69) is 10.1 Å². The van der Waals surface area contributed by atoms with Gasteiger partial charge >= 0.3 is 5.69 Å². The fourth-order valence-electron chi connectivity index (χ4n) is 1.40. The molecular formula is C11H16N4O4. The van der Waals surface area contributed by atoms with Gasteiger partial charge in [0.2, 0.25) is 0 Å². The summed E-state index contributed by atoms with van der Waals surface area (Å²) in [6, 6.07) is 1.16. The third-order valence-electron chi connectivity index (χ3n) is 2.42. The molecule has 19 heavy (non-hydrogen) atoms. The van der Waals surface area contributed by atoms with Gasteiger partial charge in [-0.3, -0.25) is 10.1 Å². The summed E-state index contributed by atoms with van der Waals surface area (Å²) in [6.07, 6.45) is 4.08. The molecule has 1 heterocycles. The first-order chi connectivity index (χ1) is 9.10. The second-order valence-electron chi connectivity index (χ2n) is 3.85. The number of oxime groups is 1. The highest BCUT2D eigenvalue weighted by Gasteiger charge is 2.19. The van der Waals surface area contributed by atoms with Gasteiger partial charge in [0.25, 0.3) is 5.88 Å². The number of nitrogens with zero attached hydrogens (tertiary/aromatic N) is 3. The Bertz CT molecular complexity index is 476. The summed E-state index contributed by atoms with van der Waals surface area (Å²) >= 11 is 0. The summed E-state index contributed by atoms with van der Waals surface area (Å²) in [5.74, 6) is -0.302. The molecule has 8 nitrogen and oxygen atoms in total. The van der Waals surface area contributed by atoms with E-state index in [1.807, 2.05) is 6.92 Å². The summed E-state index contributed by atoms with van der Waals surface area (Å²) in [5, 5.41) is 22.2. The largest absolute Gasteiger partial charge is 0.473 e. The van der Waals surface area contributed by atoms with Crippen LogP contribution in [0.1, 0.15) is 31.7 Å². The molecule has 0 saturated carbocycles. The summed E-state index contributed by atoms with van der Waals surface area (Å²) in [5.41, 5.74) is 5.21. The molecule has 0 aliphatic rings. The van der Waals surface area contributed by atoms with Crippen LogP contribution in [-0.4, -0.2) is 27.6 Å². The Labute approximate surface area is 110 Å². The molecule has 0 saturated heterocycles. The van der Waals surface area contributed by atoms with Crippen molar-refractivity contribution in [2.75, 3.05) is 6.61 Å². The maximum atomic E-state index is 10.9. The van der Waals surface area contributed by atoms with Crippen LogP contribution in [0, 0.1) is 10.1 Å². The van der Waals surface area contributed by atoms with Crippen molar-refractivity contribution in [1.82, 2.24) is 4.98 Å². The third-order valence-corrected chi connectivity index (χ3v) is 2.42. The molecular weight excluding hydrogens is 252 g/mol. The van der Waals surface area contributed by atoms with E-state index in [9.17, 15) is 10.1 Å². The fourth-order valence-corrected chi connectivity index (χ4v) is 1.40. The average molecular weight is 268 g/mol. The molecule has 0 fully saturated rings. The Morgan fingerprint density at radius 1 is 1.63 bits per heavy atom. The van der Waals surface area contributed by atoms with Crippen LogP contribution in [0.15, 0.2) is 17.4 Å². The quantitative estimate of drug-likeness (QED) is 0.193. The van der Waals surface area contributed by atoms with Gasteiger partial charge in [0, 0.05) is 17.8 Å². The molecule has 8 heteroatoms. The highest BCUT2D eigenvalue weighted by molar-refractivity contribution is 5.97. The number of aromatic nitrogens is 1. The lowest BCUT2D eigenvalue weighted by atomic mass is 10.2. The maximum absolute atomic E-state index is 10.9. The first-order valence-corrected chi connectivity index (χ1v) is 5.85. The minimum Gasteiger partial charge on any atom is -0.473 e. The van der Waals surface area contributed by atoms with Gasteiger partial charge in [-0.15, -0.1) is 0 Å². The Hall–Kier alpha value is -2.38. The maximum Gasteiger partial charge on any atom is 0.331 e. The van der Waals surface area contributed by atoms with Crippen molar-refractivity contribution in [3.63, 3.8) is 0 Å². The van der Waals surface area contributed by atoms with E-state index < -0.39 is 4.92 Å². The molecule has 1 aromatic rings. The van der Waals surface area contributed by atoms with Crippen LogP contribution in [0.2, 0.25) is 0 Å². The van der Waals surface area contributed by atoms with Gasteiger partial charge in [-0.2, -0.15) is 0 Å². The van der Waals surface area contributed by atoms with E-state index >= 15 is 0 Å². The Morgan fingerprint density at radius 2 is 2.37 bits per heavy atom. The van der Waals surface area contributed by atoms with E-state index in [0.29, 0.717) is 6.61 Å². The molecule has 1 rings (SSSR count). The highest BCUT2D eigenvalue weighted by Crippen LogP contribution is 2.25. The van der Waals surface area contributed by atoms with E-state index in [1.165, 1.54) is 6.20 Å². The fraction of sp³-hybridized carbons (Fsp3) is 0.455. The van der Waals surface area contributed by atoms with Gasteiger partial charge < -0.3 is 15.7 Å². The van der Waals surface area contributed by atoms with Crippen molar-refractivity contribution in [2.24, 2.45) is 10.9 Å². The standard InChI is InChI=1S/C11H16N4O4/c1-2-3-4-5-19-11-9(15(17)18)6-8(7-13-11)10(12)14-16/h6-7,16H,2-5H2,1H3,(H2,12,14). The highest BCUT2D eigenvalue weighted by atomic mass is 16.6. The van der Waals surface area contributed by atoms with Crippen molar-refractivity contribution < 1.29 is 14.9 Å². The number of rotatable bonds is 7. The van der Waals surface area contributed by atoms with E-state index in [-0.39, 0.29) is 23.0 Å². The summed E-state index contributed by atoms with van der Waals surface area (Å²) in [4.78, 5) is 14.1. The lowest BCUT2D eigenvalue weighted by molar-refractivity contribution is -0.386. The molecule has 0 amide bonds. The van der Waals surface area contributed by atoms with Crippen molar-refractivity contribution in [3.05, 3.63) is 27.9 Å². The van der Waals surface area contributed by atoms with Gasteiger partial charge in [0.15, 0.2) is 5.84 Å². The Morgan fingerprint density at radius 3 is 2.95 bits per heavy atom. The molecule has 0 aliphatic carbocycles. The Kier molecular flexibility index (Phi) is 5.52. The van der Waals surface area contributed by atoms with E-state index in [4.69, 9.17) is 15.7 Å². The van der Waals surface area contributed by atoms with E-state index in [0.717, 1.165) is 25.3 Å². The van der Waals surface area contributed by atoms with Crippen molar-refractivity contribution >= 4 is 11.5 Å². The SMILES string of the molecule is CCCCCOc1ncc(C(N)=NO)cc1[N+](=O)[O-]. The summed E-state index contributed by atoms with van der Waals surface area (Å²) in [7, 11) is 0. The van der Waals surface area contributed by atoms with Crippen LogP contribution in [0.3, 0.4) is 0 Å². The van der Waals surface area contributed by atoms with Crippen molar-refractivity contribution in [2.45, 2.75) is 26.2 Å². The lowest BCUT2D eigenvalue weighted by Crippen LogP contribution is -2.14. The molecule has 3 N–H and O–H groups in total. The minimum absolute atomic E-state index is 0.0596. The lowest BCUT2D eigenvalue weighted by Gasteiger charge is -2.06. The van der Waals surface area contributed by atoms with E-state index in [1.54, 1.807) is 0 Å². The second kappa shape index (κ2) is 7.14. The monoisotopic (exact) mass is 268 g/mol. The summed E-state index contributed by atoms with van der Waals surface area (Å²) in [6.45, 7) is 2.41. The molecule has 0 unspecified atom stereocenters. The zero-order valence-electron chi connectivity index (χ0n) is 10.6. The predicted octanol–water partition coefficient (Wildman–Crippen LogP) is 1.65.